The Bertz CT molecular complexity index is 830. The van der Waals surface area contributed by atoms with Gasteiger partial charge in [0.25, 0.3) is 0 Å². The smallest absolute Gasteiger partial charge is 0.205 e. The molecule has 110 valence electrons. The van der Waals surface area contributed by atoms with Gasteiger partial charge in [-0.05, 0) is 50.1 Å². The van der Waals surface area contributed by atoms with Crippen molar-refractivity contribution in [3.63, 3.8) is 0 Å². The van der Waals surface area contributed by atoms with E-state index in [2.05, 4.69) is 42.1 Å². The maximum absolute atomic E-state index is 12.8. The average molecular weight is 442 g/mol. The molecule has 0 saturated carbocycles. The molecular formula is C15H8Br2ClN3O. The van der Waals surface area contributed by atoms with E-state index >= 15 is 0 Å². The lowest BCUT2D eigenvalue weighted by Crippen LogP contribution is -2.08. The Labute approximate surface area is 148 Å². The van der Waals surface area contributed by atoms with Crippen LogP contribution in [0.15, 0.2) is 58.0 Å². The summed E-state index contributed by atoms with van der Waals surface area (Å²) in [5, 5.41) is 8.34. The predicted octanol–water partition coefficient (Wildman–Crippen LogP) is 4.68. The van der Waals surface area contributed by atoms with Crippen molar-refractivity contribution in [3.05, 3.63) is 74.1 Å². The Morgan fingerprint density at radius 2 is 1.64 bits per heavy atom. The summed E-state index contributed by atoms with van der Waals surface area (Å²) >= 11 is 12.7. The van der Waals surface area contributed by atoms with Crippen molar-refractivity contribution in [3.8, 4) is 5.69 Å². The predicted molar refractivity (Wildman–Crippen MR) is 91.6 cm³/mol. The van der Waals surface area contributed by atoms with Crippen molar-refractivity contribution in [2.45, 2.75) is 0 Å². The Balaban J connectivity index is 2.20. The molecule has 0 aliphatic heterocycles. The van der Waals surface area contributed by atoms with E-state index in [0.29, 0.717) is 31.3 Å². The second-order valence-corrected chi connectivity index (χ2v) is 6.29. The van der Waals surface area contributed by atoms with Crippen LogP contribution in [0.1, 0.15) is 15.9 Å². The zero-order valence-corrected chi connectivity index (χ0v) is 14.9. The van der Waals surface area contributed by atoms with Gasteiger partial charge in [0.15, 0.2) is 5.78 Å². The summed E-state index contributed by atoms with van der Waals surface area (Å²) in [6, 6.07) is 14.2. The van der Waals surface area contributed by atoms with Crippen LogP contribution in [-0.2, 0) is 0 Å². The van der Waals surface area contributed by atoms with E-state index in [4.69, 9.17) is 11.6 Å². The second-order valence-electron chi connectivity index (χ2n) is 4.43. The molecule has 7 heteroatoms. The molecular weight excluding hydrogens is 433 g/mol. The number of aromatic nitrogens is 3. The number of carbonyl (C=O) groups is 1. The molecule has 0 bridgehead atoms. The minimum atomic E-state index is -0.120. The Morgan fingerprint density at radius 3 is 2.27 bits per heavy atom. The zero-order chi connectivity index (χ0) is 15.7. The molecule has 0 radical (unpaired) electrons. The van der Waals surface area contributed by atoms with Crippen LogP contribution in [0.3, 0.4) is 0 Å². The van der Waals surface area contributed by atoms with E-state index in [1.165, 1.54) is 0 Å². The summed E-state index contributed by atoms with van der Waals surface area (Å²) < 4.78 is 2.67. The van der Waals surface area contributed by atoms with Gasteiger partial charge < -0.3 is 0 Å². The molecule has 3 aromatic rings. The summed E-state index contributed by atoms with van der Waals surface area (Å²) in [5.41, 5.74) is 1.70. The van der Waals surface area contributed by atoms with Gasteiger partial charge in [-0.2, -0.15) is 0 Å². The molecule has 0 amide bonds. The number of ketones is 1. The maximum Gasteiger partial charge on any atom is 0.205 e. The first-order valence-corrected chi connectivity index (χ1v) is 8.20. The van der Waals surface area contributed by atoms with Crippen molar-refractivity contribution in [1.82, 2.24) is 14.8 Å². The molecule has 0 aliphatic carbocycles. The number of hydrogen-bond acceptors (Lipinski definition) is 3. The summed E-state index contributed by atoms with van der Waals surface area (Å²) in [6.45, 7) is 0. The van der Waals surface area contributed by atoms with Crippen molar-refractivity contribution in [1.29, 1.82) is 0 Å². The van der Waals surface area contributed by atoms with Gasteiger partial charge in [-0.25, -0.2) is 0 Å². The highest BCUT2D eigenvalue weighted by Gasteiger charge is 2.19. The number of rotatable bonds is 3. The molecule has 0 spiro atoms. The van der Waals surface area contributed by atoms with Crippen LogP contribution < -0.4 is 0 Å². The molecule has 22 heavy (non-hydrogen) atoms. The lowest BCUT2D eigenvalue weighted by Gasteiger charge is -2.11. The summed E-state index contributed by atoms with van der Waals surface area (Å²) in [6.07, 6.45) is 0. The molecule has 3 rings (SSSR count). The van der Waals surface area contributed by atoms with E-state index in [9.17, 15) is 4.79 Å². The molecule has 0 fully saturated rings. The third-order valence-electron chi connectivity index (χ3n) is 3.06. The van der Waals surface area contributed by atoms with Gasteiger partial charge in [-0.15, -0.1) is 10.2 Å². The minimum Gasteiger partial charge on any atom is -0.289 e. The largest absolute Gasteiger partial charge is 0.289 e. The lowest BCUT2D eigenvalue weighted by atomic mass is 10.0. The van der Waals surface area contributed by atoms with Crippen LogP contribution in [0.2, 0.25) is 5.02 Å². The molecule has 1 aromatic heterocycles. The van der Waals surface area contributed by atoms with E-state index < -0.39 is 0 Å². The summed E-state index contributed by atoms with van der Waals surface area (Å²) in [5.74, 6) is -0.120. The molecule has 0 aliphatic rings. The lowest BCUT2D eigenvalue weighted by molar-refractivity contribution is 0.103. The van der Waals surface area contributed by atoms with Gasteiger partial charge in [0.1, 0.15) is 0 Å². The molecule has 0 saturated heterocycles. The normalized spacial score (nSPS) is 10.7. The number of benzene rings is 2. The topological polar surface area (TPSA) is 47.8 Å². The van der Waals surface area contributed by atoms with Crippen molar-refractivity contribution >= 4 is 49.2 Å². The SMILES string of the molecule is O=C(c1ccccc1)c1cc(Cl)ccc1-n1c(Br)nnc1Br. The first-order chi connectivity index (χ1) is 10.6. The highest BCUT2D eigenvalue weighted by atomic mass is 79.9. The fourth-order valence-corrected chi connectivity index (χ4v) is 3.36. The molecule has 0 N–H and O–H groups in total. The summed E-state index contributed by atoms with van der Waals surface area (Å²) in [7, 11) is 0. The Morgan fingerprint density at radius 1 is 1.00 bits per heavy atom. The minimum absolute atomic E-state index is 0.120. The maximum atomic E-state index is 12.8. The van der Waals surface area contributed by atoms with E-state index in [1.54, 1.807) is 34.9 Å². The number of halogens is 3. The highest BCUT2D eigenvalue weighted by Crippen LogP contribution is 2.27. The molecule has 1 heterocycles. The first-order valence-electron chi connectivity index (χ1n) is 6.24. The zero-order valence-electron chi connectivity index (χ0n) is 11.0. The number of carbonyl (C=O) groups excluding carboxylic acids is 1. The second kappa shape index (κ2) is 6.32. The third-order valence-corrected chi connectivity index (χ3v) is 4.33. The monoisotopic (exact) mass is 439 g/mol. The molecule has 0 unspecified atom stereocenters. The Kier molecular flexibility index (Phi) is 4.42. The van der Waals surface area contributed by atoms with Crippen LogP contribution in [0.4, 0.5) is 0 Å². The fraction of sp³-hybridized carbons (Fsp3) is 0. The molecule has 2 aromatic carbocycles. The van der Waals surface area contributed by atoms with Crippen LogP contribution in [0, 0.1) is 0 Å². The van der Waals surface area contributed by atoms with Gasteiger partial charge >= 0.3 is 0 Å². The highest BCUT2D eigenvalue weighted by molar-refractivity contribution is 9.11. The van der Waals surface area contributed by atoms with Crippen molar-refractivity contribution < 1.29 is 4.79 Å². The standard InChI is InChI=1S/C15H8Br2ClN3O/c16-14-19-20-15(17)21(14)12-7-6-10(18)8-11(12)13(22)9-4-2-1-3-5-9/h1-8H. The number of nitrogens with zero attached hydrogens (tertiary/aromatic N) is 3. The van der Waals surface area contributed by atoms with E-state index in [0.717, 1.165) is 0 Å². The van der Waals surface area contributed by atoms with Crippen molar-refractivity contribution in [2.24, 2.45) is 0 Å². The average Bonchev–Trinajstić information content (AvgIpc) is 2.86. The van der Waals surface area contributed by atoms with Gasteiger partial charge in [-0.1, -0.05) is 41.9 Å². The van der Waals surface area contributed by atoms with E-state index in [-0.39, 0.29) is 5.78 Å². The third kappa shape index (κ3) is 2.86. The first kappa shape index (κ1) is 15.4. The Hall–Kier alpha value is -1.50. The van der Waals surface area contributed by atoms with Gasteiger partial charge in [0.05, 0.1) is 5.69 Å². The van der Waals surface area contributed by atoms with Gasteiger partial charge in [0, 0.05) is 16.1 Å². The molecule has 0 atom stereocenters. The van der Waals surface area contributed by atoms with Gasteiger partial charge in [0.2, 0.25) is 9.47 Å². The van der Waals surface area contributed by atoms with Crippen LogP contribution in [0.5, 0.6) is 0 Å². The summed E-state index contributed by atoms with van der Waals surface area (Å²) in [4.78, 5) is 12.8. The fourth-order valence-electron chi connectivity index (χ4n) is 2.08. The number of hydrogen-bond donors (Lipinski definition) is 0. The van der Waals surface area contributed by atoms with Crippen LogP contribution >= 0.6 is 43.5 Å². The van der Waals surface area contributed by atoms with E-state index in [1.807, 2.05) is 18.2 Å². The van der Waals surface area contributed by atoms with Crippen LogP contribution in [0.25, 0.3) is 5.69 Å². The molecule has 4 nitrogen and oxygen atoms in total. The van der Waals surface area contributed by atoms with Crippen LogP contribution in [-0.4, -0.2) is 20.5 Å². The quantitative estimate of drug-likeness (QED) is 0.555. The van der Waals surface area contributed by atoms with Crippen molar-refractivity contribution in [2.75, 3.05) is 0 Å². The van der Waals surface area contributed by atoms with Gasteiger partial charge in [-0.3, -0.25) is 9.36 Å².